The average molecular weight is 514 g/mol. The first-order valence-electron chi connectivity index (χ1n) is 12.0. The van der Waals surface area contributed by atoms with E-state index in [-0.39, 0.29) is 5.78 Å². The summed E-state index contributed by atoms with van der Waals surface area (Å²) in [6.45, 7) is 0. The van der Waals surface area contributed by atoms with Crippen molar-refractivity contribution in [2.75, 3.05) is 4.90 Å². The van der Waals surface area contributed by atoms with Gasteiger partial charge in [0.15, 0.2) is 11.6 Å². The van der Waals surface area contributed by atoms with E-state index in [1.807, 2.05) is 126 Å². The van der Waals surface area contributed by atoms with E-state index in [0.717, 1.165) is 16.9 Å². The van der Waals surface area contributed by atoms with Crippen molar-refractivity contribution in [3.63, 3.8) is 0 Å². The highest BCUT2D eigenvalue weighted by atomic mass is 32.1. The number of allylic oxidation sites excluding steroid dienone is 1. The molecule has 0 aliphatic carbocycles. The van der Waals surface area contributed by atoms with Crippen LogP contribution in [0.4, 0.5) is 17.1 Å². The van der Waals surface area contributed by atoms with Gasteiger partial charge in [0.05, 0.1) is 23.3 Å². The number of carbonyl (C=O) groups is 1. The smallest absolute Gasteiger partial charge is 0.209 e. The lowest BCUT2D eigenvalue weighted by molar-refractivity contribution is -0.108. The van der Waals surface area contributed by atoms with Crippen LogP contribution >= 0.6 is 12.2 Å². The Morgan fingerprint density at radius 1 is 0.658 bits per heavy atom. The van der Waals surface area contributed by atoms with Gasteiger partial charge in [-0.3, -0.25) is 9.69 Å². The van der Waals surface area contributed by atoms with Crippen molar-refractivity contribution in [2.45, 2.75) is 0 Å². The molecule has 184 valence electrons. The summed E-state index contributed by atoms with van der Waals surface area (Å²) in [7, 11) is 0. The molecule has 1 saturated heterocycles. The number of hydrogen-bond acceptors (Lipinski definition) is 5. The molecular weight excluding hydrogens is 490 g/mol. The second-order valence-electron chi connectivity index (χ2n) is 8.20. The number of rotatable bonds is 7. The number of hydrogen-bond donors (Lipinski definition) is 0. The maximum absolute atomic E-state index is 12.7. The van der Waals surface area contributed by atoms with Crippen molar-refractivity contribution >= 4 is 64.1 Å². The molecule has 0 aromatic heterocycles. The molecule has 5 rings (SSSR count). The number of para-hydroxylation sites is 3. The van der Waals surface area contributed by atoms with Gasteiger partial charge in [0.1, 0.15) is 0 Å². The Morgan fingerprint density at radius 2 is 1.16 bits per heavy atom. The van der Waals surface area contributed by atoms with Gasteiger partial charge in [-0.25, -0.2) is 9.98 Å². The maximum Gasteiger partial charge on any atom is 0.209 e. The SMILES string of the molecule is O=C(/C=C\c1ccccc1)/C=N/N1C(=S)N(c2ccccc2)C(=Nc2ccccc2)C1=Nc1ccccc1. The summed E-state index contributed by atoms with van der Waals surface area (Å²) in [4.78, 5) is 24.3. The zero-order valence-corrected chi connectivity index (χ0v) is 21.1. The second kappa shape index (κ2) is 11.8. The molecule has 0 spiro atoms. The summed E-state index contributed by atoms with van der Waals surface area (Å²) < 4.78 is 0. The molecule has 0 radical (unpaired) electrons. The number of amidine groups is 2. The lowest BCUT2D eigenvalue weighted by Gasteiger charge is -2.17. The number of nitrogens with zero attached hydrogens (tertiary/aromatic N) is 5. The lowest BCUT2D eigenvalue weighted by Crippen LogP contribution is -2.31. The second-order valence-corrected chi connectivity index (χ2v) is 8.56. The molecule has 1 aliphatic rings. The van der Waals surface area contributed by atoms with E-state index < -0.39 is 0 Å². The van der Waals surface area contributed by atoms with Gasteiger partial charge in [-0.2, -0.15) is 10.1 Å². The number of ketones is 1. The van der Waals surface area contributed by atoms with Gasteiger partial charge in [-0.05, 0) is 60.3 Å². The first-order valence-corrected chi connectivity index (χ1v) is 12.4. The van der Waals surface area contributed by atoms with Crippen molar-refractivity contribution < 1.29 is 4.79 Å². The highest BCUT2D eigenvalue weighted by molar-refractivity contribution is 7.80. The molecule has 0 bridgehead atoms. The van der Waals surface area contributed by atoms with E-state index in [2.05, 4.69) is 5.10 Å². The summed E-state index contributed by atoms with van der Waals surface area (Å²) in [6.07, 6.45) is 4.45. The van der Waals surface area contributed by atoms with Crippen LogP contribution in [0.3, 0.4) is 0 Å². The van der Waals surface area contributed by atoms with Gasteiger partial charge in [0.25, 0.3) is 0 Å². The molecule has 0 N–H and O–H groups in total. The van der Waals surface area contributed by atoms with Crippen LogP contribution in [0.25, 0.3) is 6.08 Å². The van der Waals surface area contributed by atoms with Gasteiger partial charge in [-0.15, -0.1) is 0 Å². The van der Waals surface area contributed by atoms with Crippen molar-refractivity contribution in [1.82, 2.24) is 5.01 Å². The molecule has 1 aliphatic heterocycles. The fraction of sp³-hybridized carbons (Fsp3) is 0. The number of anilines is 1. The third-order valence-electron chi connectivity index (χ3n) is 5.52. The van der Waals surface area contributed by atoms with E-state index in [0.29, 0.717) is 22.5 Å². The first-order chi connectivity index (χ1) is 18.7. The largest absolute Gasteiger partial charge is 0.288 e. The Kier molecular flexibility index (Phi) is 7.67. The number of hydrazone groups is 1. The monoisotopic (exact) mass is 513 g/mol. The van der Waals surface area contributed by atoms with E-state index in [1.165, 1.54) is 17.3 Å². The van der Waals surface area contributed by atoms with Gasteiger partial charge in [0, 0.05) is 0 Å². The molecule has 1 fully saturated rings. The fourth-order valence-corrected chi connectivity index (χ4v) is 4.06. The Bertz CT molecular complexity index is 1530. The van der Waals surface area contributed by atoms with Crippen LogP contribution in [0.1, 0.15) is 5.56 Å². The molecule has 0 saturated carbocycles. The third-order valence-corrected chi connectivity index (χ3v) is 5.88. The summed E-state index contributed by atoms with van der Waals surface area (Å²) in [5.41, 5.74) is 3.17. The minimum absolute atomic E-state index is 0.282. The Labute approximate surface area is 226 Å². The molecule has 1 heterocycles. The van der Waals surface area contributed by atoms with E-state index in [9.17, 15) is 4.79 Å². The Hall–Kier alpha value is -5.01. The van der Waals surface area contributed by atoms with Crippen molar-refractivity contribution in [3.8, 4) is 0 Å². The summed E-state index contributed by atoms with van der Waals surface area (Å²) in [5, 5.41) is 6.28. The predicted molar refractivity (Wildman–Crippen MR) is 159 cm³/mol. The number of carbonyl (C=O) groups excluding carboxylic acids is 1. The van der Waals surface area contributed by atoms with E-state index in [1.54, 1.807) is 6.08 Å². The molecule has 38 heavy (non-hydrogen) atoms. The fourth-order valence-electron chi connectivity index (χ4n) is 3.73. The van der Waals surface area contributed by atoms with Crippen LogP contribution in [0.5, 0.6) is 0 Å². The average Bonchev–Trinajstić information content (AvgIpc) is 3.22. The van der Waals surface area contributed by atoms with Crippen LogP contribution in [0.2, 0.25) is 0 Å². The highest BCUT2D eigenvalue weighted by Crippen LogP contribution is 2.28. The normalized spacial score (nSPS) is 15.8. The highest BCUT2D eigenvalue weighted by Gasteiger charge is 2.39. The van der Waals surface area contributed by atoms with Gasteiger partial charge >= 0.3 is 0 Å². The van der Waals surface area contributed by atoms with Crippen LogP contribution in [0, 0.1) is 0 Å². The molecule has 0 unspecified atom stereocenters. The summed E-state index contributed by atoms with van der Waals surface area (Å²) in [6, 6.07) is 38.3. The molecular formula is C31H23N5OS. The van der Waals surface area contributed by atoms with Crippen LogP contribution in [-0.2, 0) is 4.79 Å². The molecule has 7 heteroatoms. The predicted octanol–water partition coefficient (Wildman–Crippen LogP) is 6.82. The van der Waals surface area contributed by atoms with Gasteiger partial charge in [0.2, 0.25) is 10.9 Å². The van der Waals surface area contributed by atoms with E-state index in [4.69, 9.17) is 22.2 Å². The molecule has 4 aromatic carbocycles. The van der Waals surface area contributed by atoms with Crippen molar-refractivity contribution in [2.24, 2.45) is 15.1 Å². The van der Waals surface area contributed by atoms with Crippen LogP contribution < -0.4 is 4.90 Å². The van der Waals surface area contributed by atoms with Gasteiger partial charge < -0.3 is 0 Å². The van der Waals surface area contributed by atoms with Crippen molar-refractivity contribution in [1.29, 1.82) is 0 Å². The van der Waals surface area contributed by atoms with Crippen LogP contribution in [-0.4, -0.2) is 33.8 Å². The molecule has 0 amide bonds. The Morgan fingerprint density at radius 3 is 1.74 bits per heavy atom. The van der Waals surface area contributed by atoms with Gasteiger partial charge in [-0.1, -0.05) is 91.0 Å². The zero-order chi connectivity index (χ0) is 26.2. The minimum Gasteiger partial charge on any atom is -0.288 e. The number of aliphatic imine (C=N–C) groups is 2. The number of thiocarbonyl (C=S) groups is 1. The molecule has 4 aromatic rings. The maximum atomic E-state index is 12.7. The Balaban J connectivity index is 1.58. The lowest BCUT2D eigenvalue weighted by atomic mass is 10.2. The first kappa shape index (κ1) is 24.7. The van der Waals surface area contributed by atoms with Crippen molar-refractivity contribution in [3.05, 3.63) is 133 Å². The molecule has 0 atom stereocenters. The topological polar surface area (TPSA) is 60.6 Å². The zero-order valence-electron chi connectivity index (χ0n) is 20.3. The standard InChI is InChI=1S/C31H23N5OS/c37-28(22-21-24-13-5-1-6-14-24)23-32-36-30(34-26-17-9-3-10-18-26)29(33-25-15-7-2-8-16-25)35(31(36)38)27-19-11-4-12-20-27/h1-23H/b22-21-,32-23+,33-29?,34-30?. The third kappa shape index (κ3) is 5.86. The molecule has 6 nitrogen and oxygen atoms in total. The van der Waals surface area contributed by atoms with E-state index >= 15 is 0 Å². The summed E-state index contributed by atoms with van der Waals surface area (Å²) in [5.74, 6) is 0.626. The van der Waals surface area contributed by atoms with Crippen LogP contribution in [0.15, 0.2) is 142 Å². The minimum atomic E-state index is -0.282. The number of benzene rings is 4. The summed E-state index contributed by atoms with van der Waals surface area (Å²) >= 11 is 5.87. The quantitative estimate of drug-likeness (QED) is 0.155.